The topological polar surface area (TPSA) is 3.24 Å². The Bertz CT molecular complexity index is 2670. The molecule has 2 aliphatic rings. The number of fused-ring (bicyclic) bond motifs is 14. The highest BCUT2D eigenvalue weighted by Crippen LogP contribution is 2.66. The second-order valence-electron chi connectivity index (χ2n) is 17.3. The lowest BCUT2D eigenvalue weighted by Gasteiger charge is -2.34. The third-order valence-corrected chi connectivity index (χ3v) is 12.2. The molecule has 0 amide bonds. The van der Waals surface area contributed by atoms with Gasteiger partial charge in [0.2, 0.25) is 0 Å². The summed E-state index contributed by atoms with van der Waals surface area (Å²) in [6.45, 7) is 13.7. The molecular weight excluding hydrogens is 651 g/mol. The van der Waals surface area contributed by atoms with E-state index in [-0.39, 0.29) is 10.8 Å². The number of hydrogen-bond donors (Lipinski definition) is 0. The average molecular weight is 696 g/mol. The monoisotopic (exact) mass is 695 g/mol. The molecule has 10 rings (SSSR count). The summed E-state index contributed by atoms with van der Waals surface area (Å²) in [5, 5.41) is 5.11. The highest BCUT2D eigenvalue weighted by atomic mass is 15.1. The van der Waals surface area contributed by atoms with E-state index in [2.05, 4.69) is 210 Å². The summed E-state index contributed by atoms with van der Waals surface area (Å²) in [4.78, 5) is 2.50. The van der Waals surface area contributed by atoms with Gasteiger partial charge in [0.25, 0.3) is 0 Å². The van der Waals surface area contributed by atoms with Crippen LogP contribution in [0.1, 0.15) is 74.9 Å². The number of anilines is 3. The van der Waals surface area contributed by atoms with Gasteiger partial charge in [0, 0.05) is 16.8 Å². The third-order valence-electron chi connectivity index (χ3n) is 12.2. The van der Waals surface area contributed by atoms with Crippen molar-refractivity contribution >= 4 is 38.6 Å². The molecule has 0 atom stereocenters. The molecule has 0 aromatic heterocycles. The molecule has 8 aromatic carbocycles. The Morgan fingerprint density at radius 2 is 0.889 bits per heavy atom. The zero-order valence-electron chi connectivity index (χ0n) is 32.0. The highest BCUT2D eigenvalue weighted by molar-refractivity contribution is 6.14. The average Bonchev–Trinajstić information content (AvgIpc) is 3.65. The second kappa shape index (κ2) is 11.5. The van der Waals surface area contributed by atoms with Crippen LogP contribution in [0.5, 0.6) is 0 Å². The van der Waals surface area contributed by atoms with Crippen LogP contribution in [0.15, 0.2) is 164 Å². The van der Waals surface area contributed by atoms with Crippen molar-refractivity contribution in [3.8, 4) is 22.3 Å². The first-order valence-electron chi connectivity index (χ1n) is 19.4. The predicted molar refractivity (Wildman–Crippen MR) is 230 cm³/mol. The largest absolute Gasteiger partial charge is 0.310 e. The summed E-state index contributed by atoms with van der Waals surface area (Å²) in [5.41, 5.74) is 16.5. The van der Waals surface area contributed by atoms with Gasteiger partial charge in [-0.1, -0.05) is 175 Å². The molecule has 0 aliphatic heterocycles. The fraction of sp³-hybridized carbons (Fsp3) is 0.170. The molecule has 0 unspecified atom stereocenters. The minimum absolute atomic E-state index is 0.0577. The van der Waals surface area contributed by atoms with Crippen molar-refractivity contribution in [2.24, 2.45) is 0 Å². The summed E-state index contributed by atoms with van der Waals surface area (Å²) in [6, 6.07) is 62.2. The smallest absolute Gasteiger partial charge is 0.0732 e. The van der Waals surface area contributed by atoms with Gasteiger partial charge < -0.3 is 4.90 Å². The highest BCUT2D eigenvalue weighted by Gasteiger charge is 2.53. The van der Waals surface area contributed by atoms with Crippen LogP contribution in [0.3, 0.4) is 0 Å². The molecule has 54 heavy (non-hydrogen) atoms. The third kappa shape index (κ3) is 4.57. The van der Waals surface area contributed by atoms with E-state index in [1.165, 1.54) is 82.9 Å². The van der Waals surface area contributed by atoms with Crippen LogP contribution in [-0.2, 0) is 16.2 Å². The molecule has 1 heteroatoms. The molecule has 0 saturated heterocycles. The number of benzene rings is 8. The van der Waals surface area contributed by atoms with Gasteiger partial charge in [-0.3, -0.25) is 0 Å². The molecule has 2 aliphatic carbocycles. The Labute approximate surface area is 319 Å². The van der Waals surface area contributed by atoms with Gasteiger partial charge in [0.1, 0.15) is 0 Å². The van der Waals surface area contributed by atoms with Crippen LogP contribution < -0.4 is 4.90 Å². The molecule has 262 valence electrons. The summed E-state index contributed by atoms with van der Waals surface area (Å²) in [6.07, 6.45) is 0. The Morgan fingerprint density at radius 3 is 1.44 bits per heavy atom. The summed E-state index contributed by atoms with van der Waals surface area (Å²) in [5.74, 6) is 0. The second-order valence-corrected chi connectivity index (χ2v) is 17.3. The number of nitrogens with zero attached hydrogens (tertiary/aromatic N) is 1. The lowest BCUT2D eigenvalue weighted by molar-refractivity contribution is 0.590. The van der Waals surface area contributed by atoms with Crippen molar-refractivity contribution in [2.75, 3.05) is 4.90 Å². The summed E-state index contributed by atoms with van der Waals surface area (Å²) in [7, 11) is 0. The van der Waals surface area contributed by atoms with Crippen molar-refractivity contribution in [1.29, 1.82) is 0 Å². The van der Waals surface area contributed by atoms with Crippen molar-refractivity contribution in [3.05, 3.63) is 197 Å². The zero-order valence-corrected chi connectivity index (χ0v) is 32.0. The molecular formula is C53H45N. The molecule has 0 fully saturated rings. The first kappa shape index (κ1) is 32.7. The minimum Gasteiger partial charge on any atom is -0.310 e. The quantitative estimate of drug-likeness (QED) is 0.178. The van der Waals surface area contributed by atoms with E-state index < -0.39 is 5.41 Å². The van der Waals surface area contributed by atoms with Crippen molar-refractivity contribution in [1.82, 2.24) is 0 Å². The minimum atomic E-state index is -0.491. The molecule has 0 radical (unpaired) electrons. The van der Waals surface area contributed by atoms with E-state index in [0.717, 1.165) is 11.4 Å². The van der Waals surface area contributed by atoms with Crippen LogP contribution >= 0.6 is 0 Å². The fourth-order valence-electron chi connectivity index (χ4n) is 9.59. The lowest BCUT2D eigenvalue weighted by Crippen LogP contribution is -2.26. The maximum Gasteiger partial charge on any atom is 0.0732 e. The van der Waals surface area contributed by atoms with E-state index >= 15 is 0 Å². The van der Waals surface area contributed by atoms with E-state index in [4.69, 9.17) is 0 Å². The van der Waals surface area contributed by atoms with Gasteiger partial charge in [-0.25, -0.2) is 0 Å². The molecule has 8 aromatic rings. The SMILES string of the molecule is CC(C)(C)c1ccc(N(c2ccc(C(C)(C)C)cc2)c2cc3c(c4ccccc24)-c2ccc4ccccc4c2C32c3ccccc3-c3ccccc32)cc1. The molecule has 1 nitrogen and oxygen atoms in total. The molecule has 0 heterocycles. The van der Waals surface area contributed by atoms with Crippen LogP contribution in [0, 0.1) is 0 Å². The van der Waals surface area contributed by atoms with Gasteiger partial charge in [-0.05, 0) is 113 Å². The molecule has 1 spiro atoms. The van der Waals surface area contributed by atoms with Crippen LogP contribution in [0.25, 0.3) is 43.8 Å². The lowest BCUT2D eigenvalue weighted by atomic mass is 9.69. The van der Waals surface area contributed by atoms with Crippen LogP contribution in [0.4, 0.5) is 17.1 Å². The van der Waals surface area contributed by atoms with E-state index in [1.807, 2.05) is 0 Å². The van der Waals surface area contributed by atoms with E-state index in [9.17, 15) is 0 Å². The number of hydrogen-bond acceptors (Lipinski definition) is 1. The van der Waals surface area contributed by atoms with Crippen molar-refractivity contribution < 1.29 is 0 Å². The fourth-order valence-corrected chi connectivity index (χ4v) is 9.59. The molecule has 0 N–H and O–H groups in total. The van der Waals surface area contributed by atoms with Gasteiger partial charge in [0.05, 0.1) is 11.1 Å². The van der Waals surface area contributed by atoms with Crippen LogP contribution in [0.2, 0.25) is 0 Å². The van der Waals surface area contributed by atoms with Crippen LogP contribution in [-0.4, -0.2) is 0 Å². The van der Waals surface area contributed by atoms with Gasteiger partial charge in [0.15, 0.2) is 0 Å². The summed E-state index contributed by atoms with van der Waals surface area (Å²) >= 11 is 0. The Hall–Kier alpha value is -5.92. The summed E-state index contributed by atoms with van der Waals surface area (Å²) < 4.78 is 0. The van der Waals surface area contributed by atoms with E-state index in [0.29, 0.717) is 0 Å². The maximum atomic E-state index is 2.56. The van der Waals surface area contributed by atoms with Gasteiger partial charge in [-0.2, -0.15) is 0 Å². The Balaban J connectivity index is 1.35. The Kier molecular flexibility index (Phi) is 6.99. The normalized spacial score (nSPS) is 13.9. The Morgan fingerprint density at radius 1 is 0.407 bits per heavy atom. The molecule has 0 saturated carbocycles. The number of rotatable bonds is 3. The molecule has 0 bridgehead atoms. The van der Waals surface area contributed by atoms with Gasteiger partial charge >= 0.3 is 0 Å². The van der Waals surface area contributed by atoms with E-state index in [1.54, 1.807) is 0 Å². The first-order chi connectivity index (χ1) is 26.1. The zero-order chi connectivity index (χ0) is 37.0. The first-order valence-corrected chi connectivity index (χ1v) is 19.4. The maximum absolute atomic E-state index is 2.56. The predicted octanol–water partition coefficient (Wildman–Crippen LogP) is 14.4. The van der Waals surface area contributed by atoms with Crippen molar-refractivity contribution in [2.45, 2.75) is 57.8 Å². The van der Waals surface area contributed by atoms with Crippen molar-refractivity contribution in [3.63, 3.8) is 0 Å². The standard InChI is InChI=1S/C53H45N/c1-51(2,3)35-24-28-37(29-25-35)54(38-30-26-36(27-31-38)52(4,5)6)48-33-47-49(43-20-10-9-19-42(43)48)44-32-23-34-15-7-8-16-39(34)50(44)53(47)45-21-13-11-17-40(45)41-18-12-14-22-46(41)53/h7-33H,1-6H3. The van der Waals surface area contributed by atoms with Gasteiger partial charge in [-0.15, -0.1) is 0 Å².